The molecule has 7 heteroatoms. The van der Waals surface area contributed by atoms with Crippen LogP contribution in [0.4, 0.5) is 5.69 Å². The largest absolute Gasteiger partial charge is 0.399 e. The molecular weight excluding hydrogens is 353 g/mol. The molecule has 0 aliphatic heterocycles. The molecule has 2 rings (SSSR count). The predicted octanol–water partition coefficient (Wildman–Crippen LogP) is 3.78. The lowest BCUT2D eigenvalue weighted by Gasteiger charge is -2.24. The smallest absolute Gasteiger partial charge is 0.225 e. The second-order valence-electron chi connectivity index (χ2n) is 5.75. The van der Waals surface area contributed by atoms with Crippen molar-refractivity contribution in [3.05, 3.63) is 45.4 Å². The number of nitrogens with one attached hydrogen (secondary N) is 1. The van der Waals surface area contributed by atoms with Gasteiger partial charge in [0.15, 0.2) is 0 Å². The van der Waals surface area contributed by atoms with Gasteiger partial charge in [0.05, 0.1) is 17.7 Å². The molecule has 0 saturated carbocycles. The quantitative estimate of drug-likeness (QED) is 0.798. The van der Waals surface area contributed by atoms with Gasteiger partial charge in [0.2, 0.25) is 5.91 Å². The van der Waals surface area contributed by atoms with E-state index in [1.807, 2.05) is 39.8 Å². The SMILES string of the molecule is Cc1nc(C(C)(C)NC(=O)Cc2ccc(N)cc2)sc1C.Cl.Cl. The standard InChI is InChI=1S/C16H21N3OS.2ClH/c1-10-11(2)21-15(18-10)16(3,4)19-14(20)9-12-5-7-13(17)8-6-12;;/h5-8H,9,17H2,1-4H3,(H,19,20);2*1H. The third-order valence-corrected chi connectivity index (χ3v) is 4.76. The highest BCUT2D eigenvalue weighted by molar-refractivity contribution is 7.11. The molecule has 1 amide bonds. The lowest BCUT2D eigenvalue weighted by atomic mass is 10.1. The van der Waals surface area contributed by atoms with E-state index in [-0.39, 0.29) is 30.7 Å². The van der Waals surface area contributed by atoms with E-state index >= 15 is 0 Å². The molecule has 0 saturated heterocycles. The molecule has 0 spiro atoms. The van der Waals surface area contributed by atoms with Crippen LogP contribution >= 0.6 is 36.2 Å². The molecule has 1 aromatic carbocycles. The number of anilines is 1. The van der Waals surface area contributed by atoms with Gasteiger partial charge in [-0.2, -0.15) is 0 Å². The van der Waals surface area contributed by atoms with E-state index in [2.05, 4.69) is 10.3 Å². The van der Waals surface area contributed by atoms with Gasteiger partial charge in [0.25, 0.3) is 0 Å². The summed E-state index contributed by atoms with van der Waals surface area (Å²) in [7, 11) is 0. The fourth-order valence-electron chi connectivity index (χ4n) is 2.01. The Labute approximate surface area is 153 Å². The maximum atomic E-state index is 12.2. The molecule has 0 aliphatic carbocycles. The van der Waals surface area contributed by atoms with Crippen LogP contribution < -0.4 is 11.1 Å². The van der Waals surface area contributed by atoms with E-state index < -0.39 is 5.54 Å². The lowest BCUT2D eigenvalue weighted by Crippen LogP contribution is -2.41. The van der Waals surface area contributed by atoms with Crippen LogP contribution in [0.1, 0.15) is 35.0 Å². The first kappa shape index (κ1) is 21.7. The van der Waals surface area contributed by atoms with Gasteiger partial charge in [-0.15, -0.1) is 36.2 Å². The van der Waals surface area contributed by atoms with Crippen molar-refractivity contribution >= 4 is 47.7 Å². The summed E-state index contributed by atoms with van der Waals surface area (Å²) in [5, 5.41) is 3.99. The maximum absolute atomic E-state index is 12.2. The Hall–Kier alpha value is -1.30. The minimum Gasteiger partial charge on any atom is -0.399 e. The number of hydrogen-bond acceptors (Lipinski definition) is 4. The van der Waals surface area contributed by atoms with Crippen LogP contribution in [-0.2, 0) is 16.8 Å². The van der Waals surface area contributed by atoms with Crippen LogP contribution in [0.15, 0.2) is 24.3 Å². The van der Waals surface area contributed by atoms with Gasteiger partial charge in [-0.05, 0) is 45.4 Å². The molecule has 4 nitrogen and oxygen atoms in total. The Morgan fingerprint density at radius 2 is 1.78 bits per heavy atom. The number of thiazole rings is 1. The van der Waals surface area contributed by atoms with Crippen LogP contribution in [0.5, 0.6) is 0 Å². The second kappa shape index (κ2) is 8.52. The summed E-state index contributed by atoms with van der Waals surface area (Å²) in [6.07, 6.45) is 0.340. The van der Waals surface area contributed by atoms with Crippen molar-refractivity contribution < 1.29 is 4.79 Å². The molecule has 2 aromatic rings. The summed E-state index contributed by atoms with van der Waals surface area (Å²) in [5.41, 5.74) is 7.85. The van der Waals surface area contributed by atoms with Crippen LogP contribution in [0, 0.1) is 13.8 Å². The van der Waals surface area contributed by atoms with Crippen molar-refractivity contribution in [1.82, 2.24) is 10.3 Å². The summed E-state index contributed by atoms with van der Waals surface area (Å²) in [4.78, 5) is 17.9. The number of carbonyl (C=O) groups excluding carboxylic acids is 1. The van der Waals surface area contributed by atoms with Gasteiger partial charge in [-0.1, -0.05) is 12.1 Å². The van der Waals surface area contributed by atoms with E-state index in [9.17, 15) is 4.79 Å². The maximum Gasteiger partial charge on any atom is 0.225 e. The Kier molecular flexibility index (Phi) is 8.04. The number of hydrogen-bond donors (Lipinski definition) is 2. The number of aryl methyl sites for hydroxylation is 2. The topological polar surface area (TPSA) is 68.0 Å². The fourth-order valence-corrected chi connectivity index (χ4v) is 2.98. The molecule has 0 radical (unpaired) electrons. The lowest BCUT2D eigenvalue weighted by molar-refractivity contribution is -0.122. The second-order valence-corrected chi connectivity index (χ2v) is 6.96. The minimum absolute atomic E-state index is 0. The van der Waals surface area contributed by atoms with E-state index in [0.717, 1.165) is 16.3 Å². The number of carbonyl (C=O) groups is 1. The highest BCUT2D eigenvalue weighted by Crippen LogP contribution is 2.27. The zero-order valence-corrected chi connectivity index (χ0v) is 16.1. The van der Waals surface area contributed by atoms with Gasteiger partial charge < -0.3 is 11.1 Å². The summed E-state index contributed by atoms with van der Waals surface area (Å²) in [6.45, 7) is 7.99. The third kappa shape index (κ3) is 5.68. The molecule has 0 unspecified atom stereocenters. The highest BCUT2D eigenvalue weighted by Gasteiger charge is 2.26. The Morgan fingerprint density at radius 1 is 1.22 bits per heavy atom. The molecule has 0 atom stereocenters. The van der Waals surface area contributed by atoms with Crippen molar-refractivity contribution in [3.63, 3.8) is 0 Å². The number of aromatic nitrogens is 1. The van der Waals surface area contributed by atoms with Crippen LogP contribution in [0.3, 0.4) is 0 Å². The van der Waals surface area contributed by atoms with Crippen molar-refractivity contribution in [2.75, 3.05) is 5.73 Å². The first-order valence-corrected chi connectivity index (χ1v) is 7.69. The van der Waals surface area contributed by atoms with E-state index in [0.29, 0.717) is 12.1 Å². The molecule has 1 heterocycles. The van der Waals surface area contributed by atoms with Crippen molar-refractivity contribution in [3.8, 4) is 0 Å². The molecule has 23 heavy (non-hydrogen) atoms. The zero-order valence-electron chi connectivity index (χ0n) is 13.7. The number of amides is 1. The predicted molar refractivity (Wildman–Crippen MR) is 102 cm³/mol. The number of benzene rings is 1. The van der Waals surface area contributed by atoms with Crippen molar-refractivity contribution in [2.45, 2.75) is 39.7 Å². The Morgan fingerprint density at radius 3 is 2.26 bits per heavy atom. The van der Waals surface area contributed by atoms with Gasteiger partial charge in [0, 0.05) is 10.6 Å². The molecule has 3 N–H and O–H groups in total. The monoisotopic (exact) mass is 375 g/mol. The molecule has 0 bridgehead atoms. The number of nitrogens with zero attached hydrogens (tertiary/aromatic N) is 1. The third-order valence-electron chi connectivity index (χ3n) is 3.36. The first-order chi connectivity index (χ1) is 9.78. The average Bonchev–Trinajstić information content (AvgIpc) is 2.73. The molecule has 0 aliphatic rings. The highest BCUT2D eigenvalue weighted by atomic mass is 35.5. The zero-order chi connectivity index (χ0) is 15.6. The van der Waals surface area contributed by atoms with Crippen LogP contribution in [0.2, 0.25) is 0 Å². The number of nitrogens with two attached hydrogens (primary N) is 1. The van der Waals surface area contributed by atoms with Crippen LogP contribution in [-0.4, -0.2) is 10.9 Å². The van der Waals surface area contributed by atoms with Gasteiger partial charge in [0.1, 0.15) is 5.01 Å². The Balaban J connectivity index is 0.00000242. The number of rotatable bonds is 4. The summed E-state index contributed by atoms with van der Waals surface area (Å²) >= 11 is 1.63. The average molecular weight is 376 g/mol. The van der Waals surface area contributed by atoms with Crippen molar-refractivity contribution in [2.24, 2.45) is 0 Å². The Bertz CT molecular complexity index is 634. The summed E-state index contributed by atoms with van der Waals surface area (Å²) in [5.74, 6) is -0.0183. The van der Waals surface area contributed by atoms with E-state index in [1.165, 1.54) is 4.88 Å². The van der Waals surface area contributed by atoms with Gasteiger partial charge >= 0.3 is 0 Å². The summed E-state index contributed by atoms with van der Waals surface area (Å²) in [6, 6.07) is 7.36. The van der Waals surface area contributed by atoms with Gasteiger partial charge in [-0.25, -0.2) is 4.98 Å². The molecule has 0 fully saturated rings. The van der Waals surface area contributed by atoms with Gasteiger partial charge in [-0.3, -0.25) is 4.79 Å². The fraction of sp³-hybridized carbons (Fsp3) is 0.375. The molecule has 1 aromatic heterocycles. The molecule has 128 valence electrons. The minimum atomic E-state index is -0.464. The molecular formula is C16H23Cl2N3OS. The summed E-state index contributed by atoms with van der Waals surface area (Å²) < 4.78 is 0. The van der Waals surface area contributed by atoms with Crippen molar-refractivity contribution in [1.29, 1.82) is 0 Å². The first-order valence-electron chi connectivity index (χ1n) is 6.88. The number of halogens is 2. The van der Waals surface area contributed by atoms with Crippen LogP contribution in [0.25, 0.3) is 0 Å². The van der Waals surface area contributed by atoms with E-state index in [4.69, 9.17) is 5.73 Å². The van der Waals surface area contributed by atoms with E-state index in [1.54, 1.807) is 23.5 Å². The normalized spacial score (nSPS) is 10.4. The number of nitrogen functional groups attached to an aromatic ring is 1.